The molecule has 1 aromatic rings. The fourth-order valence-corrected chi connectivity index (χ4v) is 4.08. The Morgan fingerprint density at radius 3 is 2.90 bits per heavy atom. The van der Waals surface area contributed by atoms with Gasteiger partial charge in [0.05, 0.1) is 11.5 Å². The van der Waals surface area contributed by atoms with Crippen molar-refractivity contribution in [3.8, 4) is 0 Å². The van der Waals surface area contributed by atoms with Crippen LogP contribution in [0.15, 0.2) is 23.1 Å². The highest BCUT2D eigenvalue weighted by atomic mass is 32.2. The lowest BCUT2D eigenvalue weighted by molar-refractivity contribution is 0.149. The second kappa shape index (κ2) is 6.11. The maximum Gasteiger partial charge on any atom is 0.243 e. The summed E-state index contributed by atoms with van der Waals surface area (Å²) < 4.78 is 32.0. The number of nitrogens with one attached hydrogen (secondary N) is 1. The van der Waals surface area contributed by atoms with Crippen LogP contribution in [0, 0.1) is 0 Å². The van der Waals surface area contributed by atoms with E-state index in [1.807, 2.05) is 13.0 Å². The van der Waals surface area contributed by atoms with Crippen molar-refractivity contribution in [3.05, 3.63) is 23.8 Å². The lowest BCUT2D eigenvalue weighted by Gasteiger charge is -2.27. The van der Waals surface area contributed by atoms with Crippen molar-refractivity contribution in [3.63, 3.8) is 0 Å². The van der Waals surface area contributed by atoms with E-state index in [9.17, 15) is 8.42 Å². The summed E-state index contributed by atoms with van der Waals surface area (Å²) in [6, 6.07) is 5.22. The van der Waals surface area contributed by atoms with E-state index in [1.54, 1.807) is 26.3 Å². The fraction of sp³-hybridized carbons (Fsp3) is 0.571. The molecule has 5 nitrogen and oxygen atoms in total. The molecule has 0 saturated heterocycles. The zero-order valence-corrected chi connectivity index (χ0v) is 13.0. The van der Waals surface area contributed by atoms with Gasteiger partial charge in [-0.25, -0.2) is 8.42 Å². The van der Waals surface area contributed by atoms with Gasteiger partial charge in [-0.3, -0.25) is 0 Å². The Hall–Kier alpha value is -1.11. The zero-order valence-electron chi connectivity index (χ0n) is 12.2. The molecule has 0 fully saturated rings. The predicted octanol–water partition coefficient (Wildman–Crippen LogP) is 1.70. The molecule has 1 aromatic carbocycles. The highest BCUT2D eigenvalue weighted by Gasteiger charge is 2.29. The minimum atomic E-state index is -3.49. The second-order valence-electron chi connectivity index (χ2n) is 5.14. The first-order valence-corrected chi connectivity index (χ1v) is 8.25. The van der Waals surface area contributed by atoms with Crippen LogP contribution in [0.5, 0.6) is 0 Å². The Labute approximate surface area is 121 Å². The summed E-state index contributed by atoms with van der Waals surface area (Å²) in [5.41, 5.74) is 1.83. The molecule has 0 bridgehead atoms. The molecule has 1 unspecified atom stereocenters. The average molecular weight is 298 g/mol. The Balaban J connectivity index is 2.39. The standard InChI is InChI=1S/C14H22N2O3S/c1-11(10-19-3)16(2)20(17,18)14-8-4-7-13-12(14)6-5-9-15-13/h4,7-8,11,15H,5-6,9-10H2,1-3H3. The molecule has 6 heteroatoms. The number of nitrogens with zero attached hydrogens (tertiary/aromatic N) is 1. The highest BCUT2D eigenvalue weighted by Crippen LogP contribution is 2.30. The van der Waals surface area contributed by atoms with Gasteiger partial charge in [0.15, 0.2) is 0 Å². The average Bonchev–Trinajstić information content (AvgIpc) is 2.46. The van der Waals surface area contributed by atoms with E-state index in [0.717, 1.165) is 30.6 Å². The van der Waals surface area contributed by atoms with Crippen molar-refractivity contribution < 1.29 is 13.2 Å². The monoisotopic (exact) mass is 298 g/mol. The number of hydrogen-bond donors (Lipinski definition) is 1. The summed E-state index contributed by atoms with van der Waals surface area (Å²) in [6.45, 7) is 3.12. The quantitative estimate of drug-likeness (QED) is 0.899. The first kappa shape index (κ1) is 15.3. The van der Waals surface area contributed by atoms with Crippen molar-refractivity contribution in [2.45, 2.75) is 30.7 Å². The van der Waals surface area contributed by atoms with Crippen molar-refractivity contribution in [2.24, 2.45) is 0 Å². The number of methoxy groups -OCH3 is 1. The molecule has 2 rings (SSSR count). The summed E-state index contributed by atoms with van der Waals surface area (Å²) in [5, 5.41) is 3.26. The molecule has 112 valence electrons. The van der Waals surface area contributed by atoms with E-state index >= 15 is 0 Å². The van der Waals surface area contributed by atoms with Crippen LogP contribution in [0.1, 0.15) is 18.9 Å². The largest absolute Gasteiger partial charge is 0.385 e. The van der Waals surface area contributed by atoms with Gasteiger partial charge in [-0.15, -0.1) is 0 Å². The van der Waals surface area contributed by atoms with Gasteiger partial charge in [-0.05, 0) is 37.5 Å². The topological polar surface area (TPSA) is 58.6 Å². The Kier molecular flexibility index (Phi) is 4.67. The van der Waals surface area contributed by atoms with E-state index in [4.69, 9.17) is 4.74 Å². The molecule has 1 atom stereocenters. The van der Waals surface area contributed by atoms with Crippen LogP contribution in [0.25, 0.3) is 0 Å². The third-order valence-corrected chi connectivity index (χ3v) is 5.79. The number of anilines is 1. The Morgan fingerprint density at radius 1 is 1.45 bits per heavy atom. The number of sulfonamides is 1. The second-order valence-corrected chi connectivity index (χ2v) is 7.10. The van der Waals surface area contributed by atoms with E-state index in [1.165, 1.54) is 4.31 Å². The van der Waals surface area contributed by atoms with Gasteiger partial charge in [-0.1, -0.05) is 6.07 Å². The maximum absolute atomic E-state index is 12.8. The van der Waals surface area contributed by atoms with Crippen LogP contribution in [0.3, 0.4) is 0 Å². The summed E-state index contributed by atoms with van der Waals surface area (Å²) in [5.74, 6) is 0. The lowest BCUT2D eigenvalue weighted by Crippen LogP contribution is -2.38. The zero-order chi connectivity index (χ0) is 14.8. The summed E-state index contributed by atoms with van der Waals surface area (Å²) >= 11 is 0. The molecule has 0 amide bonds. The molecule has 0 radical (unpaired) electrons. The molecular formula is C14H22N2O3S. The molecule has 20 heavy (non-hydrogen) atoms. The van der Waals surface area contributed by atoms with Gasteiger partial charge in [0.1, 0.15) is 0 Å². The number of rotatable bonds is 5. The number of benzene rings is 1. The maximum atomic E-state index is 12.8. The molecular weight excluding hydrogens is 276 g/mol. The van der Waals surface area contributed by atoms with E-state index < -0.39 is 10.0 Å². The number of ether oxygens (including phenoxy) is 1. The van der Waals surface area contributed by atoms with Gasteiger partial charge in [0.2, 0.25) is 10.0 Å². The highest BCUT2D eigenvalue weighted by molar-refractivity contribution is 7.89. The molecule has 1 aliphatic heterocycles. The minimum absolute atomic E-state index is 0.197. The normalized spacial score (nSPS) is 16.6. The van der Waals surface area contributed by atoms with E-state index in [-0.39, 0.29) is 6.04 Å². The summed E-state index contributed by atoms with van der Waals surface area (Å²) in [7, 11) is -0.308. The number of fused-ring (bicyclic) bond motifs is 1. The Morgan fingerprint density at radius 2 is 2.20 bits per heavy atom. The van der Waals surface area contributed by atoms with E-state index in [0.29, 0.717) is 11.5 Å². The number of likely N-dealkylation sites (N-methyl/N-ethyl adjacent to an activating group) is 1. The van der Waals surface area contributed by atoms with Crippen LogP contribution < -0.4 is 5.32 Å². The summed E-state index contributed by atoms with van der Waals surface area (Å²) in [4.78, 5) is 0.410. The molecule has 1 aliphatic rings. The summed E-state index contributed by atoms with van der Waals surface area (Å²) in [6.07, 6.45) is 1.75. The van der Waals surface area contributed by atoms with E-state index in [2.05, 4.69) is 5.32 Å². The molecule has 0 spiro atoms. The first-order valence-electron chi connectivity index (χ1n) is 6.81. The third kappa shape index (κ3) is 2.82. The molecule has 0 saturated carbocycles. The van der Waals surface area contributed by atoms with Crippen LogP contribution in [0.4, 0.5) is 5.69 Å². The van der Waals surface area contributed by atoms with Crippen LogP contribution in [-0.4, -0.2) is 46.1 Å². The van der Waals surface area contributed by atoms with Crippen LogP contribution in [0.2, 0.25) is 0 Å². The van der Waals surface area contributed by atoms with Crippen LogP contribution >= 0.6 is 0 Å². The molecule has 1 N–H and O–H groups in total. The van der Waals surface area contributed by atoms with Gasteiger partial charge in [0.25, 0.3) is 0 Å². The molecule has 0 aromatic heterocycles. The fourth-order valence-electron chi connectivity index (χ4n) is 2.46. The Bertz CT molecular complexity index is 572. The van der Waals surface area contributed by atoms with Crippen molar-refractivity contribution in [1.82, 2.24) is 4.31 Å². The number of hydrogen-bond acceptors (Lipinski definition) is 4. The van der Waals surface area contributed by atoms with Gasteiger partial charge >= 0.3 is 0 Å². The van der Waals surface area contributed by atoms with Gasteiger partial charge < -0.3 is 10.1 Å². The molecule has 1 heterocycles. The lowest BCUT2D eigenvalue weighted by atomic mass is 10.0. The van der Waals surface area contributed by atoms with Crippen molar-refractivity contribution in [1.29, 1.82) is 0 Å². The smallest absolute Gasteiger partial charge is 0.243 e. The van der Waals surface area contributed by atoms with Gasteiger partial charge in [-0.2, -0.15) is 4.31 Å². The van der Waals surface area contributed by atoms with Gasteiger partial charge in [0, 0.05) is 32.4 Å². The van der Waals surface area contributed by atoms with Crippen molar-refractivity contribution >= 4 is 15.7 Å². The SMILES string of the molecule is COCC(C)N(C)S(=O)(=O)c1cccc2c1CCCN2. The minimum Gasteiger partial charge on any atom is -0.385 e. The predicted molar refractivity (Wildman–Crippen MR) is 79.5 cm³/mol. The first-order chi connectivity index (χ1) is 9.48. The molecule has 0 aliphatic carbocycles. The third-order valence-electron chi connectivity index (χ3n) is 3.74. The van der Waals surface area contributed by atoms with Crippen LogP contribution in [-0.2, 0) is 21.2 Å². The van der Waals surface area contributed by atoms with Crippen molar-refractivity contribution in [2.75, 3.05) is 32.6 Å².